The second-order valence-corrected chi connectivity index (χ2v) is 5.36. The highest BCUT2D eigenvalue weighted by Crippen LogP contribution is 2.36. The van der Waals surface area contributed by atoms with E-state index in [4.69, 9.17) is 4.42 Å². The Bertz CT molecular complexity index is 811. The minimum atomic E-state index is -5.98. The molecule has 0 aliphatic heterocycles. The molecule has 0 spiro atoms. The van der Waals surface area contributed by atoms with E-state index in [2.05, 4.69) is 13.9 Å². The molecule has 0 N–H and O–H groups in total. The predicted molar refractivity (Wildman–Crippen MR) is 65.6 cm³/mol. The van der Waals surface area contributed by atoms with Gasteiger partial charge in [0.25, 0.3) is 5.76 Å². The molecule has 0 saturated carbocycles. The van der Waals surface area contributed by atoms with E-state index in [-0.39, 0.29) is 17.7 Å². The number of esters is 1. The number of furan rings is 1. The van der Waals surface area contributed by atoms with Gasteiger partial charge < -0.3 is 13.3 Å². The number of ether oxygens (including phenoxy) is 1. The van der Waals surface area contributed by atoms with Crippen molar-refractivity contribution in [2.75, 3.05) is 6.61 Å². The zero-order valence-corrected chi connectivity index (χ0v) is 11.7. The standard InChI is InChI=1S/C11H8F3NO6S/c1-2-19-10(16)8-7(21-22(17,18)11(12,13)14)6-4-3-5-15-9(6)20-8/h3-5H,2H2,1H3. The van der Waals surface area contributed by atoms with Crippen molar-refractivity contribution in [1.82, 2.24) is 4.98 Å². The number of nitrogens with zero attached hydrogens (tertiary/aromatic N) is 1. The molecular weight excluding hydrogens is 331 g/mol. The molecule has 0 bridgehead atoms. The molecule has 0 aliphatic rings. The lowest BCUT2D eigenvalue weighted by Gasteiger charge is -2.09. The lowest BCUT2D eigenvalue weighted by molar-refractivity contribution is -0.0500. The van der Waals surface area contributed by atoms with Gasteiger partial charge in [0.2, 0.25) is 11.5 Å². The Morgan fingerprint density at radius 2 is 2.09 bits per heavy atom. The molecule has 0 amide bonds. The van der Waals surface area contributed by atoms with Crippen LogP contribution in [0, 0.1) is 0 Å². The Balaban J connectivity index is 2.60. The van der Waals surface area contributed by atoms with Crippen LogP contribution in [0.4, 0.5) is 13.2 Å². The summed E-state index contributed by atoms with van der Waals surface area (Å²) in [6, 6.07) is 2.50. The van der Waals surface area contributed by atoms with Gasteiger partial charge >= 0.3 is 21.6 Å². The van der Waals surface area contributed by atoms with E-state index in [9.17, 15) is 26.4 Å². The predicted octanol–water partition coefficient (Wildman–Crippen LogP) is 2.23. The molecule has 0 unspecified atom stereocenters. The summed E-state index contributed by atoms with van der Waals surface area (Å²) in [5, 5.41) is -0.210. The number of hydrogen-bond donors (Lipinski definition) is 0. The highest BCUT2D eigenvalue weighted by atomic mass is 32.2. The molecule has 0 aromatic carbocycles. The Morgan fingerprint density at radius 1 is 1.41 bits per heavy atom. The molecule has 0 atom stereocenters. The number of aromatic nitrogens is 1. The number of halogens is 3. The second-order valence-electron chi connectivity index (χ2n) is 3.82. The SMILES string of the molecule is CCOC(=O)c1oc2ncccc2c1OS(=O)(=O)C(F)(F)F. The van der Waals surface area contributed by atoms with Gasteiger partial charge in [0.05, 0.1) is 12.0 Å². The van der Waals surface area contributed by atoms with E-state index in [0.29, 0.717) is 0 Å². The lowest BCUT2D eigenvalue weighted by atomic mass is 10.3. The van der Waals surface area contributed by atoms with E-state index in [1.54, 1.807) is 0 Å². The molecule has 2 aromatic rings. The second kappa shape index (κ2) is 5.48. The first-order valence-electron chi connectivity index (χ1n) is 5.72. The van der Waals surface area contributed by atoms with E-state index in [1.807, 2.05) is 0 Å². The highest BCUT2D eigenvalue weighted by Gasteiger charge is 2.49. The number of alkyl halides is 3. The molecule has 7 nitrogen and oxygen atoms in total. The van der Waals surface area contributed by atoms with Crippen LogP contribution in [0.3, 0.4) is 0 Å². The van der Waals surface area contributed by atoms with Gasteiger partial charge in [-0.25, -0.2) is 9.78 Å². The molecule has 0 radical (unpaired) electrons. The summed E-state index contributed by atoms with van der Waals surface area (Å²) in [6.07, 6.45) is 1.24. The molecule has 2 aromatic heterocycles. The van der Waals surface area contributed by atoms with Crippen molar-refractivity contribution in [2.45, 2.75) is 12.4 Å². The maximum atomic E-state index is 12.4. The molecule has 22 heavy (non-hydrogen) atoms. The molecule has 2 heterocycles. The van der Waals surface area contributed by atoms with Gasteiger partial charge in [0, 0.05) is 6.20 Å². The monoisotopic (exact) mass is 339 g/mol. The zero-order valence-electron chi connectivity index (χ0n) is 10.9. The number of rotatable bonds is 4. The molecule has 0 fully saturated rings. The van der Waals surface area contributed by atoms with Crippen molar-refractivity contribution in [2.24, 2.45) is 0 Å². The first kappa shape index (κ1) is 16.1. The minimum absolute atomic E-state index is 0.102. The van der Waals surface area contributed by atoms with Gasteiger partial charge in [-0.15, -0.1) is 0 Å². The zero-order chi connectivity index (χ0) is 16.5. The smallest absolute Gasteiger partial charge is 0.460 e. The maximum Gasteiger partial charge on any atom is 0.534 e. The highest BCUT2D eigenvalue weighted by molar-refractivity contribution is 7.88. The summed E-state index contributed by atoms with van der Waals surface area (Å²) >= 11 is 0. The van der Waals surface area contributed by atoms with Crippen LogP contribution in [0.15, 0.2) is 22.7 Å². The fraction of sp³-hybridized carbons (Fsp3) is 0.273. The van der Waals surface area contributed by atoms with Gasteiger partial charge in [-0.2, -0.15) is 21.6 Å². The molecule has 0 aliphatic carbocycles. The number of fused-ring (bicyclic) bond motifs is 1. The van der Waals surface area contributed by atoms with Crippen molar-refractivity contribution >= 4 is 27.2 Å². The number of pyridine rings is 1. The first-order valence-corrected chi connectivity index (χ1v) is 7.13. The van der Waals surface area contributed by atoms with Gasteiger partial charge in [-0.3, -0.25) is 0 Å². The topological polar surface area (TPSA) is 95.7 Å². The number of carbonyl (C=O) groups is 1. The fourth-order valence-electron chi connectivity index (χ4n) is 1.48. The summed E-state index contributed by atoms with van der Waals surface area (Å²) in [4.78, 5) is 15.3. The van der Waals surface area contributed by atoms with Crippen molar-refractivity contribution in [3.05, 3.63) is 24.1 Å². The largest absolute Gasteiger partial charge is 0.534 e. The summed E-state index contributed by atoms with van der Waals surface area (Å²) in [5.41, 5.74) is -5.93. The Kier molecular flexibility index (Phi) is 4.00. The normalized spacial score (nSPS) is 12.4. The van der Waals surface area contributed by atoms with E-state index in [0.717, 1.165) is 0 Å². The molecule has 2 rings (SSSR count). The van der Waals surface area contributed by atoms with E-state index in [1.165, 1.54) is 25.3 Å². The van der Waals surface area contributed by atoms with Gasteiger partial charge in [-0.05, 0) is 19.1 Å². The number of carbonyl (C=O) groups excluding carboxylic acids is 1. The quantitative estimate of drug-likeness (QED) is 0.479. The van der Waals surface area contributed by atoms with Gasteiger partial charge in [0.15, 0.2) is 0 Å². The molecular formula is C11H8F3NO6S. The van der Waals surface area contributed by atoms with Crippen LogP contribution in [0.1, 0.15) is 17.5 Å². The van der Waals surface area contributed by atoms with E-state index < -0.39 is 33.1 Å². The summed E-state index contributed by atoms with van der Waals surface area (Å²) in [6.45, 7) is 1.35. The Labute approximate surface area is 121 Å². The van der Waals surface area contributed by atoms with Crippen LogP contribution in [-0.2, 0) is 14.9 Å². The number of hydrogen-bond acceptors (Lipinski definition) is 7. The molecule has 11 heteroatoms. The van der Waals surface area contributed by atoms with Crippen molar-refractivity contribution < 1.29 is 39.7 Å². The molecule has 120 valence electrons. The van der Waals surface area contributed by atoms with Crippen molar-refractivity contribution in [3.8, 4) is 5.75 Å². The van der Waals surface area contributed by atoms with Crippen LogP contribution in [0.5, 0.6) is 5.75 Å². The maximum absolute atomic E-state index is 12.4. The van der Waals surface area contributed by atoms with Gasteiger partial charge in [-0.1, -0.05) is 0 Å². The Hall–Kier alpha value is -2.30. The van der Waals surface area contributed by atoms with Crippen LogP contribution < -0.4 is 4.18 Å². The summed E-state index contributed by atoms with van der Waals surface area (Å²) in [5.74, 6) is -2.91. The lowest BCUT2D eigenvalue weighted by Crippen LogP contribution is -2.28. The minimum Gasteiger partial charge on any atom is -0.460 e. The Morgan fingerprint density at radius 3 is 2.68 bits per heavy atom. The third-order valence-electron chi connectivity index (χ3n) is 2.36. The third-order valence-corrected chi connectivity index (χ3v) is 3.31. The average Bonchev–Trinajstić information content (AvgIpc) is 2.76. The average molecular weight is 339 g/mol. The van der Waals surface area contributed by atoms with E-state index >= 15 is 0 Å². The van der Waals surface area contributed by atoms with Crippen molar-refractivity contribution in [3.63, 3.8) is 0 Å². The van der Waals surface area contributed by atoms with Gasteiger partial charge in [0.1, 0.15) is 0 Å². The third kappa shape index (κ3) is 2.84. The summed E-state index contributed by atoms with van der Waals surface area (Å²) in [7, 11) is -5.98. The van der Waals surface area contributed by atoms with Crippen LogP contribution in [-0.4, -0.2) is 31.5 Å². The molecule has 0 saturated heterocycles. The van der Waals surface area contributed by atoms with Crippen LogP contribution in [0.2, 0.25) is 0 Å². The van der Waals surface area contributed by atoms with Crippen LogP contribution >= 0.6 is 0 Å². The fourth-order valence-corrected chi connectivity index (χ4v) is 1.96. The first-order chi connectivity index (χ1) is 10.2. The van der Waals surface area contributed by atoms with Crippen molar-refractivity contribution in [1.29, 1.82) is 0 Å². The van der Waals surface area contributed by atoms with Crippen LogP contribution in [0.25, 0.3) is 11.1 Å². The summed E-state index contributed by atoms with van der Waals surface area (Å²) < 4.78 is 73.1.